The number of hydrogen-bond acceptors (Lipinski definition) is 2. The second-order valence-corrected chi connectivity index (χ2v) is 4.11. The number of aryl methyl sites for hydroxylation is 1. The van der Waals surface area contributed by atoms with Crippen LogP contribution in [0.25, 0.3) is 0 Å². The molecule has 0 radical (unpaired) electrons. The van der Waals surface area contributed by atoms with Gasteiger partial charge in [0.25, 0.3) is 5.56 Å². The molecule has 3 nitrogen and oxygen atoms in total. The molecule has 0 spiro atoms. The van der Waals surface area contributed by atoms with Crippen LogP contribution < -0.4 is 5.56 Å². The third-order valence-corrected chi connectivity index (χ3v) is 2.76. The lowest BCUT2D eigenvalue weighted by molar-refractivity contribution is 1.00. The second kappa shape index (κ2) is 4.45. The highest BCUT2D eigenvalue weighted by Crippen LogP contribution is 2.10. The maximum absolute atomic E-state index is 11.6. The molecule has 0 saturated carbocycles. The molecule has 1 heterocycles. The second-order valence-electron chi connectivity index (χ2n) is 3.70. The van der Waals surface area contributed by atoms with E-state index in [4.69, 9.17) is 12.2 Å². The van der Waals surface area contributed by atoms with E-state index in [1.165, 1.54) is 5.56 Å². The van der Waals surface area contributed by atoms with Crippen LogP contribution in [0.15, 0.2) is 35.3 Å². The number of hydrogen-bond donors (Lipinski definition) is 2. The fourth-order valence-corrected chi connectivity index (χ4v) is 1.73. The van der Waals surface area contributed by atoms with Gasteiger partial charge in [-0.1, -0.05) is 24.3 Å². The Balaban J connectivity index is 2.38. The van der Waals surface area contributed by atoms with Gasteiger partial charge >= 0.3 is 0 Å². The first kappa shape index (κ1) is 10.8. The molecule has 0 bridgehead atoms. The van der Waals surface area contributed by atoms with E-state index >= 15 is 0 Å². The molecule has 0 aliphatic heterocycles. The monoisotopic (exact) mass is 232 g/mol. The van der Waals surface area contributed by atoms with Crippen LogP contribution in [0.1, 0.15) is 16.7 Å². The van der Waals surface area contributed by atoms with Gasteiger partial charge in [-0.15, -0.1) is 0 Å². The Kier molecular flexibility index (Phi) is 3.01. The van der Waals surface area contributed by atoms with E-state index in [-0.39, 0.29) is 5.56 Å². The molecule has 0 saturated heterocycles. The predicted octanol–water partition coefficient (Wildman–Crippen LogP) is 2.33. The number of benzene rings is 1. The fraction of sp³-hybridized carbons (Fsp3) is 0.167. The summed E-state index contributed by atoms with van der Waals surface area (Å²) in [5.41, 5.74) is 2.91. The minimum atomic E-state index is -0.119. The van der Waals surface area contributed by atoms with Gasteiger partial charge in [0, 0.05) is 18.2 Å². The average molecular weight is 232 g/mol. The van der Waals surface area contributed by atoms with Crippen molar-refractivity contribution in [2.75, 3.05) is 0 Å². The van der Waals surface area contributed by atoms with Crippen molar-refractivity contribution in [2.24, 2.45) is 0 Å². The highest BCUT2D eigenvalue weighted by atomic mass is 32.1. The van der Waals surface area contributed by atoms with Gasteiger partial charge in [-0.2, -0.15) is 0 Å². The van der Waals surface area contributed by atoms with Gasteiger partial charge in [0.05, 0.1) is 0 Å². The molecule has 0 amide bonds. The molecular formula is C12H12N2OS. The number of aromatic amines is 2. The van der Waals surface area contributed by atoms with Crippen LogP contribution >= 0.6 is 12.2 Å². The fourth-order valence-electron chi connectivity index (χ4n) is 1.58. The molecular weight excluding hydrogens is 220 g/mol. The van der Waals surface area contributed by atoms with Crippen molar-refractivity contribution in [1.82, 2.24) is 9.97 Å². The molecule has 1 aromatic heterocycles. The summed E-state index contributed by atoms with van der Waals surface area (Å²) < 4.78 is 0.360. The van der Waals surface area contributed by atoms with Crippen LogP contribution in [-0.4, -0.2) is 9.97 Å². The molecule has 16 heavy (non-hydrogen) atoms. The normalized spacial score (nSPS) is 10.3. The van der Waals surface area contributed by atoms with Gasteiger partial charge in [-0.3, -0.25) is 9.78 Å². The number of H-pyrrole nitrogens is 2. The zero-order valence-corrected chi connectivity index (χ0v) is 9.73. The molecule has 0 unspecified atom stereocenters. The molecule has 0 aliphatic rings. The summed E-state index contributed by atoms with van der Waals surface area (Å²) in [6, 6.07) is 8.02. The van der Waals surface area contributed by atoms with Crippen LogP contribution in [0.3, 0.4) is 0 Å². The topological polar surface area (TPSA) is 48.6 Å². The Bertz CT molecular complexity index is 613. The molecule has 1 aromatic carbocycles. The molecule has 2 rings (SSSR count). The summed E-state index contributed by atoms with van der Waals surface area (Å²) in [6.07, 6.45) is 2.29. The van der Waals surface area contributed by atoms with Crippen molar-refractivity contribution in [3.63, 3.8) is 0 Å². The largest absolute Gasteiger partial charge is 0.338 e. The predicted molar refractivity (Wildman–Crippen MR) is 66.2 cm³/mol. The minimum Gasteiger partial charge on any atom is -0.338 e. The van der Waals surface area contributed by atoms with E-state index in [0.29, 0.717) is 16.8 Å². The van der Waals surface area contributed by atoms with Gasteiger partial charge in [0.1, 0.15) is 0 Å². The summed E-state index contributed by atoms with van der Waals surface area (Å²) in [4.78, 5) is 17.0. The SMILES string of the molecule is Cc1ccccc1Cc1c[nH]c(=S)[nH]c1=O. The first-order chi connectivity index (χ1) is 7.66. The lowest BCUT2D eigenvalue weighted by Gasteiger charge is -2.04. The Morgan fingerprint density at radius 2 is 2.00 bits per heavy atom. The highest BCUT2D eigenvalue weighted by molar-refractivity contribution is 7.71. The van der Waals surface area contributed by atoms with Crippen molar-refractivity contribution in [3.8, 4) is 0 Å². The maximum atomic E-state index is 11.6. The van der Waals surface area contributed by atoms with Crippen LogP contribution in [0.5, 0.6) is 0 Å². The highest BCUT2D eigenvalue weighted by Gasteiger charge is 2.03. The first-order valence-corrected chi connectivity index (χ1v) is 5.43. The first-order valence-electron chi connectivity index (χ1n) is 5.02. The standard InChI is InChI=1S/C12H12N2OS/c1-8-4-2-3-5-9(8)6-10-7-13-12(16)14-11(10)15/h2-5,7H,6H2,1H3,(H2,13,14,15,16). The Hall–Kier alpha value is -1.68. The quantitative estimate of drug-likeness (QED) is 0.781. The molecule has 0 fully saturated rings. The zero-order chi connectivity index (χ0) is 11.5. The van der Waals surface area contributed by atoms with E-state index in [1.54, 1.807) is 6.20 Å². The van der Waals surface area contributed by atoms with Crippen LogP contribution in [0, 0.1) is 11.7 Å². The van der Waals surface area contributed by atoms with E-state index in [0.717, 1.165) is 5.56 Å². The van der Waals surface area contributed by atoms with Crippen molar-refractivity contribution >= 4 is 12.2 Å². The van der Waals surface area contributed by atoms with Crippen LogP contribution in [0.4, 0.5) is 0 Å². The molecule has 82 valence electrons. The summed E-state index contributed by atoms with van der Waals surface area (Å²) in [7, 11) is 0. The van der Waals surface area contributed by atoms with Crippen molar-refractivity contribution in [2.45, 2.75) is 13.3 Å². The summed E-state index contributed by atoms with van der Waals surface area (Å²) >= 11 is 4.84. The summed E-state index contributed by atoms with van der Waals surface area (Å²) in [6.45, 7) is 2.04. The molecule has 2 aromatic rings. The summed E-state index contributed by atoms with van der Waals surface area (Å²) in [5.74, 6) is 0. The molecule has 4 heteroatoms. The van der Waals surface area contributed by atoms with Crippen molar-refractivity contribution in [3.05, 3.63) is 62.3 Å². The van der Waals surface area contributed by atoms with E-state index in [9.17, 15) is 4.79 Å². The van der Waals surface area contributed by atoms with Gasteiger partial charge in [0.2, 0.25) is 0 Å². The van der Waals surface area contributed by atoms with Crippen LogP contribution in [0.2, 0.25) is 0 Å². The Morgan fingerprint density at radius 3 is 2.69 bits per heavy atom. The lowest BCUT2D eigenvalue weighted by Crippen LogP contribution is -2.14. The zero-order valence-electron chi connectivity index (χ0n) is 8.91. The number of rotatable bonds is 2. The third-order valence-electron chi connectivity index (χ3n) is 2.54. The Morgan fingerprint density at radius 1 is 1.25 bits per heavy atom. The number of nitrogens with one attached hydrogen (secondary N) is 2. The maximum Gasteiger partial charge on any atom is 0.255 e. The van der Waals surface area contributed by atoms with Crippen LogP contribution in [-0.2, 0) is 6.42 Å². The van der Waals surface area contributed by atoms with Gasteiger partial charge < -0.3 is 4.98 Å². The third kappa shape index (κ3) is 2.28. The van der Waals surface area contributed by atoms with E-state index < -0.39 is 0 Å². The van der Waals surface area contributed by atoms with Crippen molar-refractivity contribution < 1.29 is 0 Å². The van der Waals surface area contributed by atoms with Gasteiger partial charge in [-0.25, -0.2) is 0 Å². The summed E-state index contributed by atoms with van der Waals surface area (Å²) in [5, 5.41) is 0. The number of aromatic nitrogens is 2. The van der Waals surface area contributed by atoms with Crippen molar-refractivity contribution in [1.29, 1.82) is 0 Å². The molecule has 2 N–H and O–H groups in total. The lowest BCUT2D eigenvalue weighted by atomic mass is 10.0. The Labute approximate surface area is 98.2 Å². The smallest absolute Gasteiger partial charge is 0.255 e. The average Bonchev–Trinajstić information content (AvgIpc) is 2.25. The van der Waals surface area contributed by atoms with E-state index in [2.05, 4.69) is 9.97 Å². The van der Waals surface area contributed by atoms with Gasteiger partial charge in [-0.05, 0) is 30.3 Å². The molecule has 0 aliphatic carbocycles. The minimum absolute atomic E-state index is 0.119. The van der Waals surface area contributed by atoms with E-state index in [1.807, 2.05) is 31.2 Å². The van der Waals surface area contributed by atoms with Gasteiger partial charge in [0.15, 0.2) is 4.77 Å². The molecule has 0 atom stereocenters.